The van der Waals surface area contributed by atoms with E-state index in [1.165, 1.54) is 21.8 Å². The van der Waals surface area contributed by atoms with Gasteiger partial charge in [-0.1, -0.05) is 133 Å². The Morgan fingerprint density at radius 2 is 0.880 bits per heavy atom. The van der Waals surface area contributed by atoms with E-state index in [9.17, 15) is 0 Å². The van der Waals surface area contributed by atoms with Crippen LogP contribution in [0.2, 0.25) is 0 Å². The smallest absolute Gasteiger partial charge is 0.164 e. The lowest BCUT2D eigenvalue weighted by Gasteiger charge is -2.11. The maximum absolute atomic E-state index is 6.80. The van der Waals surface area contributed by atoms with E-state index >= 15 is 0 Å². The van der Waals surface area contributed by atoms with Crippen LogP contribution in [0.25, 0.3) is 94.7 Å². The Hall–Kier alpha value is -6.85. The lowest BCUT2D eigenvalue weighted by Crippen LogP contribution is -2.00. The fourth-order valence-corrected chi connectivity index (χ4v) is 7.10. The molecular weight excluding hydrogens is 613 g/mol. The Kier molecular flexibility index (Phi) is 6.42. The minimum absolute atomic E-state index is 0.592. The normalized spacial score (nSPS) is 11.6. The molecule has 0 saturated carbocycles. The van der Waals surface area contributed by atoms with Crippen molar-refractivity contribution >= 4 is 43.7 Å². The first-order valence-corrected chi connectivity index (χ1v) is 16.7. The van der Waals surface area contributed by atoms with Gasteiger partial charge >= 0.3 is 0 Å². The summed E-state index contributed by atoms with van der Waals surface area (Å²) < 4.78 is 9.16. The molecule has 0 fully saturated rings. The molecule has 5 nitrogen and oxygen atoms in total. The van der Waals surface area contributed by atoms with Gasteiger partial charge in [-0.2, -0.15) is 0 Å². The Morgan fingerprint density at radius 3 is 1.46 bits per heavy atom. The lowest BCUT2D eigenvalue weighted by atomic mass is 10.0. The summed E-state index contributed by atoms with van der Waals surface area (Å²) in [7, 11) is 0. The van der Waals surface area contributed by atoms with Crippen molar-refractivity contribution in [2.75, 3.05) is 0 Å². The van der Waals surface area contributed by atoms with E-state index < -0.39 is 0 Å². The highest BCUT2D eigenvalue weighted by Gasteiger charge is 2.19. The van der Waals surface area contributed by atoms with Gasteiger partial charge in [-0.25, -0.2) is 15.0 Å². The predicted octanol–water partition coefficient (Wildman–Crippen LogP) is 11.5. The second kappa shape index (κ2) is 11.4. The SMILES string of the molecule is c1ccc(-c2nc(-c3ccccc3)nc(-c3ccc4c(c3)oc3c(-c5ccccc5)cc(-n5c6ccccc6c6ccccc65)cc34)n2)cc1. The summed E-state index contributed by atoms with van der Waals surface area (Å²) in [5.41, 5.74) is 9.89. The van der Waals surface area contributed by atoms with Crippen LogP contribution in [-0.2, 0) is 0 Å². The van der Waals surface area contributed by atoms with E-state index in [0.717, 1.165) is 55.4 Å². The molecule has 0 unspecified atom stereocenters. The van der Waals surface area contributed by atoms with Crippen LogP contribution in [0, 0.1) is 0 Å². The minimum Gasteiger partial charge on any atom is -0.455 e. The zero-order valence-corrected chi connectivity index (χ0v) is 26.9. The van der Waals surface area contributed by atoms with Crippen LogP contribution >= 0.6 is 0 Å². The highest BCUT2D eigenvalue weighted by molar-refractivity contribution is 6.13. The second-order valence-corrected chi connectivity index (χ2v) is 12.5. The molecule has 50 heavy (non-hydrogen) atoms. The summed E-state index contributed by atoms with van der Waals surface area (Å²) in [5.74, 6) is 1.84. The molecule has 3 aromatic heterocycles. The third-order valence-corrected chi connectivity index (χ3v) is 9.44. The summed E-state index contributed by atoms with van der Waals surface area (Å²) in [4.78, 5) is 14.8. The van der Waals surface area contributed by atoms with Crippen LogP contribution in [-0.4, -0.2) is 19.5 Å². The molecule has 0 radical (unpaired) electrons. The molecule has 234 valence electrons. The summed E-state index contributed by atoms with van der Waals surface area (Å²) in [6.45, 7) is 0. The molecule has 10 aromatic rings. The van der Waals surface area contributed by atoms with E-state index in [1.54, 1.807) is 0 Å². The van der Waals surface area contributed by atoms with Gasteiger partial charge in [0.05, 0.1) is 11.0 Å². The van der Waals surface area contributed by atoms with Gasteiger partial charge in [-0.15, -0.1) is 0 Å². The first-order valence-electron chi connectivity index (χ1n) is 16.7. The van der Waals surface area contributed by atoms with Gasteiger partial charge in [-0.3, -0.25) is 0 Å². The minimum atomic E-state index is 0.592. The number of aromatic nitrogens is 4. The van der Waals surface area contributed by atoms with E-state index in [1.807, 2.05) is 66.7 Å². The molecule has 10 rings (SSSR count). The van der Waals surface area contributed by atoms with Crippen molar-refractivity contribution in [1.82, 2.24) is 19.5 Å². The fourth-order valence-electron chi connectivity index (χ4n) is 7.10. The average Bonchev–Trinajstić information content (AvgIpc) is 3.74. The molecule has 3 heterocycles. The standard InChI is InChI=1S/C45H28N4O/c1-4-14-29(15-5-1)37-27-33(49-39-22-12-10-20-34(39)35-21-11-13-23-40(35)49)28-38-36-25-24-32(26-41(36)50-42(37)38)45-47-43(30-16-6-2-7-17-30)46-44(48-45)31-18-8-3-9-19-31/h1-28H. The average molecular weight is 641 g/mol. The first kappa shape index (κ1) is 28.2. The largest absolute Gasteiger partial charge is 0.455 e. The molecular formula is C45H28N4O. The summed E-state index contributed by atoms with van der Waals surface area (Å²) in [6.07, 6.45) is 0. The van der Waals surface area contributed by atoms with Gasteiger partial charge in [-0.05, 0) is 42.0 Å². The van der Waals surface area contributed by atoms with Crippen LogP contribution in [0.15, 0.2) is 174 Å². The number of nitrogens with zero attached hydrogens (tertiary/aromatic N) is 4. The molecule has 5 heteroatoms. The Balaban J connectivity index is 1.21. The molecule has 7 aromatic carbocycles. The zero-order chi connectivity index (χ0) is 33.0. The predicted molar refractivity (Wildman–Crippen MR) is 203 cm³/mol. The van der Waals surface area contributed by atoms with Gasteiger partial charge in [0, 0.05) is 49.5 Å². The van der Waals surface area contributed by atoms with Gasteiger partial charge in [0.2, 0.25) is 0 Å². The third kappa shape index (κ3) is 4.60. The molecule has 0 aliphatic rings. The van der Waals surface area contributed by atoms with Crippen molar-refractivity contribution in [3.8, 4) is 51.0 Å². The first-order chi connectivity index (χ1) is 24.8. The van der Waals surface area contributed by atoms with Gasteiger partial charge < -0.3 is 8.98 Å². The van der Waals surface area contributed by atoms with Crippen molar-refractivity contribution in [3.63, 3.8) is 0 Å². The number of benzene rings is 7. The van der Waals surface area contributed by atoms with Crippen LogP contribution in [0.4, 0.5) is 0 Å². The summed E-state index contributed by atoms with van der Waals surface area (Å²) in [5, 5.41) is 4.54. The molecule has 0 amide bonds. The van der Waals surface area contributed by atoms with E-state index in [4.69, 9.17) is 19.4 Å². The number of hydrogen-bond acceptors (Lipinski definition) is 4. The molecule has 0 atom stereocenters. The molecule has 0 aliphatic carbocycles. The summed E-state index contributed by atoms with van der Waals surface area (Å²) in [6, 6.07) is 58.6. The van der Waals surface area contributed by atoms with Crippen LogP contribution < -0.4 is 0 Å². The van der Waals surface area contributed by atoms with Crippen molar-refractivity contribution in [1.29, 1.82) is 0 Å². The van der Waals surface area contributed by atoms with Crippen LogP contribution in [0.5, 0.6) is 0 Å². The van der Waals surface area contributed by atoms with Gasteiger partial charge in [0.25, 0.3) is 0 Å². The number of furan rings is 1. The van der Waals surface area contributed by atoms with Gasteiger partial charge in [0.1, 0.15) is 11.2 Å². The van der Waals surface area contributed by atoms with E-state index in [-0.39, 0.29) is 0 Å². The van der Waals surface area contributed by atoms with E-state index in [2.05, 4.69) is 108 Å². The van der Waals surface area contributed by atoms with Crippen LogP contribution in [0.1, 0.15) is 0 Å². The second-order valence-electron chi connectivity index (χ2n) is 12.5. The molecule has 0 spiro atoms. The molecule has 0 bridgehead atoms. The maximum atomic E-state index is 6.80. The van der Waals surface area contributed by atoms with E-state index in [0.29, 0.717) is 17.5 Å². The number of para-hydroxylation sites is 2. The van der Waals surface area contributed by atoms with Crippen molar-refractivity contribution in [3.05, 3.63) is 170 Å². The van der Waals surface area contributed by atoms with Gasteiger partial charge in [0.15, 0.2) is 17.5 Å². The molecule has 0 N–H and O–H groups in total. The monoisotopic (exact) mass is 640 g/mol. The fraction of sp³-hybridized carbons (Fsp3) is 0. The Bertz CT molecular complexity index is 2750. The quantitative estimate of drug-likeness (QED) is 0.188. The number of rotatable bonds is 5. The maximum Gasteiger partial charge on any atom is 0.164 e. The summed E-state index contributed by atoms with van der Waals surface area (Å²) >= 11 is 0. The topological polar surface area (TPSA) is 56.7 Å². The van der Waals surface area contributed by atoms with Crippen molar-refractivity contribution in [2.24, 2.45) is 0 Å². The Morgan fingerprint density at radius 1 is 0.380 bits per heavy atom. The van der Waals surface area contributed by atoms with Crippen molar-refractivity contribution in [2.45, 2.75) is 0 Å². The molecule has 0 saturated heterocycles. The highest BCUT2D eigenvalue weighted by Crippen LogP contribution is 2.41. The molecule has 0 aliphatic heterocycles. The third-order valence-electron chi connectivity index (χ3n) is 9.44. The number of fused-ring (bicyclic) bond motifs is 6. The van der Waals surface area contributed by atoms with Crippen molar-refractivity contribution < 1.29 is 4.42 Å². The van der Waals surface area contributed by atoms with Crippen LogP contribution in [0.3, 0.4) is 0 Å². The lowest BCUT2D eigenvalue weighted by molar-refractivity contribution is 0.670. The highest BCUT2D eigenvalue weighted by atomic mass is 16.3. The zero-order valence-electron chi connectivity index (χ0n) is 26.9. The Labute approximate surface area is 287 Å². The number of hydrogen-bond donors (Lipinski definition) is 0.